The maximum absolute atomic E-state index is 13.4. The van der Waals surface area contributed by atoms with Crippen molar-refractivity contribution in [1.82, 2.24) is 0 Å². The van der Waals surface area contributed by atoms with E-state index < -0.39 is 0 Å². The predicted molar refractivity (Wildman–Crippen MR) is 102 cm³/mol. The lowest BCUT2D eigenvalue weighted by molar-refractivity contribution is -0.112. The summed E-state index contributed by atoms with van der Waals surface area (Å²) in [6.07, 6.45) is 7.75. The molecule has 2 N–H and O–H groups in total. The molecule has 0 spiro atoms. The molecule has 140 valence electrons. The van der Waals surface area contributed by atoms with Gasteiger partial charge in [-0.25, -0.2) is 4.39 Å². The Morgan fingerprint density at radius 3 is 2.85 bits per heavy atom. The number of hydrogen-bond acceptors (Lipinski definition) is 3. The van der Waals surface area contributed by atoms with E-state index in [0.29, 0.717) is 18.3 Å². The molecule has 4 heteroatoms. The van der Waals surface area contributed by atoms with Gasteiger partial charge in [0.25, 0.3) is 0 Å². The highest BCUT2D eigenvalue weighted by molar-refractivity contribution is 5.58. The fourth-order valence-corrected chi connectivity index (χ4v) is 4.61. The van der Waals surface area contributed by atoms with Gasteiger partial charge in [0.2, 0.25) is 0 Å². The minimum absolute atomic E-state index is 0.00926. The van der Waals surface area contributed by atoms with Crippen LogP contribution in [0.4, 0.5) is 10.1 Å². The van der Waals surface area contributed by atoms with Crippen LogP contribution in [0.25, 0.3) is 0 Å². The van der Waals surface area contributed by atoms with Crippen LogP contribution in [0.3, 0.4) is 0 Å². The van der Waals surface area contributed by atoms with Gasteiger partial charge in [-0.15, -0.1) is 0 Å². The molecular formula is C22H28FNO2. The van der Waals surface area contributed by atoms with Gasteiger partial charge < -0.3 is 15.2 Å². The van der Waals surface area contributed by atoms with Crippen molar-refractivity contribution in [3.05, 3.63) is 53.4 Å². The van der Waals surface area contributed by atoms with Gasteiger partial charge in [0.05, 0.1) is 18.8 Å². The summed E-state index contributed by atoms with van der Waals surface area (Å²) < 4.78 is 19.8. The summed E-state index contributed by atoms with van der Waals surface area (Å²) in [4.78, 5) is 0. The molecule has 1 fully saturated rings. The number of benzene rings is 1. The smallest absolute Gasteiger partial charge is 0.118 e. The first-order valence-electron chi connectivity index (χ1n) is 9.77. The number of aliphatic hydroxyl groups is 1. The zero-order chi connectivity index (χ0) is 18.3. The Morgan fingerprint density at radius 2 is 2.15 bits per heavy atom. The van der Waals surface area contributed by atoms with E-state index in [-0.39, 0.29) is 36.6 Å². The van der Waals surface area contributed by atoms with Crippen molar-refractivity contribution >= 4 is 5.69 Å². The first-order chi connectivity index (χ1) is 12.6. The standard InChI is InChI=1S/C22H28FNO2/c1-13(2)15-5-10-20-19(11-15)22-18(9-8-17(12-25)26-22)21(24-20)14-3-6-16(23)7-4-14/h3,5-7,10-11,13-14,17-18,21-22,24-25H,4,8-9,12H2,1-2H3/t14?,17-,18+,21+,22+/m1/s1. The second-order valence-electron chi connectivity index (χ2n) is 8.12. The number of hydrogen-bond donors (Lipinski definition) is 2. The average molecular weight is 357 g/mol. The molecule has 0 bridgehead atoms. The Bertz CT molecular complexity index is 727. The Labute approximate surface area is 154 Å². The number of anilines is 1. The quantitative estimate of drug-likeness (QED) is 0.811. The van der Waals surface area contributed by atoms with Crippen LogP contribution in [-0.2, 0) is 4.74 Å². The minimum atomic E-state index is -0.143. The molecule has 0 saturated carbocycles. The SMILES string of the molecule is CC(C)c1ccc2c(c1)[C@H]1O[C@@H](CO)CC[C@H]1[C@H](C1C=CC(F)=CC1)N2. The number of ether oxygens (including phenoxy) is 1. The summed E-state index contributed by atoms with van der Waals surface area (Å²) in [5.74, 6) is 0.907. The average Bonchev–Trinajstić information content (AvgIpc) is 2.67. The Balaban J connectivity index is 1.69. The van der Waals surface area contributed by atoms with Crippen molar-refractivity contribution in [2.24, 2.45) is 11.8 Å². The molecule has 0 amide bonds. The van der Waals surface area contributed by atoms with Crippen LogP contribution in [-0.4, -0.2) is 23.9 Å². The fourth-order valence-electron chi connectivity index (χ4n) is 4.61. The normalized spacial score (nSPS) is 33.3. The first-order valence-corrected chi connectivity index (χ1v) is 9.77. The lowest BCUT2D eigenvalue weighted by Gasteiger charge is -2.47. The highest BCUT2D eigenvalue weighted by atomic mass is 19.1. The van der Waals surface area contributed by atoms with Crippen LogP contribution in [0, 0.1) is 11.8 Å². The van der Waals surface area contributed by atoms with E-state index in [9.17, 15) is 9.50 Å². The molecular weight excluding hydrogens is 329 g/mol. The van der Waals surface area contributed by atoms with Crippen LogP contribution in [0.1, 0.15) is 56.3 Å². The van der Waals surface area contributed by atoms with Gasteiger partial charge in [0.15, 0.2) is 0 Å². The molecule has 26 heavy (non-hydrogen) atoms. The topological polar surface area (TPSA) is 41.5 Å². The molecule has 1 saturated heterocycles. The molecule has 3 nitrogen and oxygen atoms in total. The van der Waals surface area contributed by atoms with Gasteiger partial charge in [-0.05, 0) is 49.0 Å². The molecule has 1 aliphatic carbocycles. The Morgan fingerprint density at radius 1 is 1.31 bits per heavy atom. The van der Waals surface area contributed by atoms with Crippen LogP contribution in [0.15, 0.2) is 42.3 Å². The molecule has 4 rings (SSSR count). The third kappa shape index (κ3) is 3.21. The van der Waals surface area contributed by atoms with Crippen molar-refractivity contribution in [2.45, 2.75) is 57.3 Å². The summed E-state index contributed by atoms with van der Waals surface area (Å²) >= 11 is 0. The zero-order valence-electron chi connectivity index (χ0n) is 15.5. The summed E-state index contributed by atoms with van der Waals surface area (Å²) in [6, 6.07) is 6.81. The van der Waals surface area contributed by atoms with Gasteiger partial charge in [0.1, 0.15) is 5.83 Å². The third-order valence-corrected chi connectivity index (χ3v) is 6.13. The van der Waals surface area contributed by atoms with E-state index in [0.717, 1.165) is 18.5 Å². The first kappa shape index (κ1) is 17.7. The van der Waals surface area contributed by atoms with Crippen molar-refractivity contribution in [2.75, 3.05) is 11.9 Å². The van der Waals surface area contributed by atoms with E-state index in [2.05, 4.69) is 37.4 Å². The van der Waals surface area contributed by atoms with Gasteiger partial charge >= 0.3 is 0 Å². The summed E-state index contributed by atoms with van der Waals surface area (Å²) in [5, 5.41) is 13.3. The molecule has 5 atom stereocenters. The zero-order valence-corrected chi connectivity index (χ0v) is 15.5. The van der Waals surface area contributed by atoms with E-state index >= 15 is 0 Å². The highest BCUT2D eigenvalue weighted by Crippen LogP contribution is 2.48. The fraction of sp³-hybridized carbons (Fsp3) is 0.545. The minimum Gasteiger partial charge on any atom is -0.394 e. The number of aliphatic hydroxyl groups excluding tert-OH is 1. The van der Waals surface area contributed by atoms with E-state index in [4.69, 9.17) is 4.74 Å². The maximum Gasteiger partial charge on any atom is 0.118 e. The van der Waals surface area contributed by atoms with Crippen molar-refractivity contribution in [3.63, 3.8) is 0 Å². The van der Waals surface area contributed by atoms with Crippen LogP contribution in [0.5, 0.6) is 0 Å². The molecule has 1 aromatic carbocycles. The summed E-state index contributed by atoms with van der Waals surface area (Å²) in [6.45, 7) is 4.46. The van der Waals surface area contributed by atoms with Gasteiger partial charge in [-0.3, -0.25) is 0 Å². The number of nitrogens with one attached hydrogen (secondary N) is 1. The van der Waals surface area contributed by atoms with E-state index in [1.54, 1.807) is 12.2 Å². The molecule has 2 heterocycles. The summed E-state index contributed by atoms with van der Waals surface area (Å²) in [7, 11) is 0. The Hall–Kier alpha value is -1.65. The largest absolute Gasteiger partial charge is 0.394 e. The second-order valence-corrected chi connectivity index (χ2v) is 8.12. The van der Waals surface area contributed by atoms with E-state index in [1.165, 1.54) is 11.1 Å². The van der Waals surface area contributed by atoms with Gasteiger partial charge in [0, 0.05) is 29.1 Å². The summed E-state index contributed by atoms with van der Waals surface area (Å²) in [5.41, 5.74) is 3.62. The predicted octanol–water partition coefficient (Wildman–Crippen LogP) is 4.86. The molecule has 1 aromatic rings. The van der Waals surface area contributed by atoms with E-state index in [1.807, 2.05) is 6.08 Å². The monoisotopic (exact) mass is 357 g/mol. The lowest BCUT2D eigenvalue weighted by Crippen LogP contribution is -2.47. The van der Waals surface area contributed by atoms with Crippen molar-refractivity contribution in [1.29, 1.82) is 0 Å². The third-order valence-electron chi connectivity index (χ3n) is 6.13. The number of halogens is 1. The van der Waals surface area contributed by atoms with Crippen molar-refractivity contribution in [3.8, 4) is 0 Å². The van der Waals surface area contributed by atoms with Crippen LogP contribution < -0.4 is 5.32 Å². The molecule has 0 radical (unpaired) electrons. The van der Waals surface area contributed by atoms with Crippen molar-refractivity contribution < 1.29 is 14.2 Å². The van der Waals surface area contributed by atoms with Crippen LogP contribution in [0.2, 0.25) is 0 Å². The second kappa shape index (κ2) is 7.16. The lowest BCUT2D eigenvalue weighted by atomic mass is 9.72. The number of rotatable bonds is 3. The molecule has 2 aliphatic heterocycles. The molecule has 0 aromatic heterocycles. The highest BCUT2D eigenvalue weighted by Gasteiger charge is 2.43. The Kier molecular flexibility index (Phi) is 4.89. The van der Waals surface area contributed by atoms with Crippen LogP contribution >= 0.6 is 0 Å². The maximum atomic E-state index is 13.4. The van der Waals surface area contributed by atoms with Gasteiger partial charge in [-0.1, -0.05) is 32.1 Å². The molecule has 1 unspecified atom stereocenters. The number of fused-ring (bicyclic) bond motifs is 3. The number of allylic oxidation sites excluding steroid dienone is 3. The van der Waals surface area contributed by atoms with Gasteiger partial charge in [-0.2, -0.15) is 0 Å². The molecule has 3 aliphatic rings.